The second-order valence-electron chi connectivity index (χ2n) is 6.01. The molecule has 0 saturated carbocycles. The lowest BCUT2D eigenvalue weighted by atomic mass is 10.2. The molecule has 0 unspecified atom stereocenters. The monoisotopic (exact) mass is 339 g/mol. The van der Waals surface area contributed by atoms with Crippen molar-refractivity contribution in [3.05, 3.63) is 53.6 Å². The molecule has 0 saturated heterocycles. The molecule has 3 N–H and O–H groups in total. The van der Waals surface area contributed by atoms with Crippen LogP contribution in [-0.2, 0) is 0 Å². The molecular formula is C19H21N3OS. The van der Waals surface area contributed by atoms with E-state index in [9.17, 15) is 5.11 Å². The summed E-state index contributed by atoms with van der Waals surface area (Å²) in [4.78, 5) is 8.64. The summed E-state index contributed by atoms with van der Waals surface area (Å²) >= 11 is 1.59. The lowest BCUT2D eigenvalue weighted by molar-refractivity contribution is 0.457. The summed E-state index contributed by atoms with van der Waals surface area (Å²) in [6, 6.07) is 14.4. The van der Waals surface area contributed by atoms with Gasteiger partial charge in [0.2, 0.25) is 0 Å². The number of benzene rings is 2. The van der Waals surface area contributed by atoms with Gasteiger partial charge in [0, 0.05) is 28.1 Å². The van der Waals surface area contributed by atoms with Crippen molar-refractivity contribution >= 4 is 34.8 Å². The molecule has 0 amide bonds. The highest BCUT2D eigenvalue weighted by molar-refractivity contribution is 7.97. The third-order valence-corrected chi connectivity index (χ3v) is 4.73. The molecule has 24 heavy (non-hydrogen) atoms. The van der Waals surface area contributed by atoms with E-state index in [0.29, 0.717) is 11.6 Å². The van der Waals surface area contributed by atoms with Crippen molar-refractivity contribution in [3.8, 4) is 5.88 Å². The standard InChI is InChI=1S/C19H21N3OS/c1-12(2)22-24-14-8-9-18-15(10-14)16(19(23)21-18)11-20-17-7-5-4-6-13(17)3/h4-12,21-23H,1-3H3. The minimum Gasteiger partial charge on any atom is -0.494 e. The minimum absolute atomic E-state index is 0.140. The summed E-state index contributed by atoms with van der Waals surface area (Å²) in [5, 5.41) is 11.2. The van der Waals surface area contributed by atoms with Gasteiger partial charge in [-0.05, 0) is 62.5 Å². The highest BCUT2D eigenvalue weighted by atomic mass is 32.2. The molecule has 0 aliphatic carbocycles. The normalized spacial score (nSPS) is 11.8. The van der Waals surface area contributed by atoms with Crippen LogP contribution < -0.4 is 4.72 Å². The number of rotatable bonds is 5. The van der Waals surface area contributed by atoms with E-state index in [-0.39, 0.29) is 5.88 Å². The number of aromatic hydroxyl groups is 1. The molecular weight excluding hydrogens is 318 g/mol. The first-order valence-corrected chi connectivity index (χ1v) is 8.73. The Morgan fingerprint density at radius 3 is 2.75 bits per heavy atom. The quantitative estimate of drug-likeness (QED) is 0.456. The van der Waals surface area contributed by atoms with Crippen molar-refractivity contribution in [1.82, 2.24) is 9.71 Å². The SMILES string of the molecule is Cc1ccccc1N=Cc1c(O)[nH]c2ccc(SNC(C)C)cc12. The number of para-hydroxylation sites is 1. The van der Waals surface area contributed by atoms with Crippen LogP contribution in [0.25, 0.3) is 10.9 Å². The van der Waals surface area contributed by atoms with E-state index in [1.807, 2.05) is 43.3 Å². The Hall–Kier alpha value is -2.24. The number of H-pyrrole nitrogens is 1. The van der Waals surface area contributed by atoms with Crippen LogP contribution in [0.3, 0.4) is 0 Å². The molecule has 3 rings (SSSR count). The van der Waals surface area contributed by atoms with E-state index in [1.54, 1.807) is 18.2 Å². The average molecular weight is 339 g/mol. The fourth-order valence-electron chi connectivity index (χ4n) is 2.40. The zero-order valence-corrected chi connectivity index (χ0v) is 14.8. The Morgan fingerprint density at radius 1 is 1.21 bits per heavy atom. The molecule has 0 aliphatic heterocycles. The lowest BCUT2D eigenvalue weighted by Crippen LogP contribution is -2.13. The van der Waals surface area contributed by atoms with Crippen molar-refractivity contribution in [2.24, 2.45) is 4.99 Å². The third kappa shape index (κ3) is 3.63. The minimum atomic E-state index is 0.140. The first-order chi connectivity index (χ1) is 11.5. The zero-order valence-electron chi connectivity index (χ0n) is 14.0. The van der Waals surface area contributed by atoms with Gasteiger partial charge in [0.05, 0.1) is 11.3 Å². The second-order valence-corrected chi connectivity index (χ2v) is 6.93. The van der Waals surface area contributed by atoms with Gasteiger partial charge in [-0.25, -0.2) is 0 Å². The zero-order chi connectivity index (χ0) is 17.1. The highest BCUT2D eigenvalue weighted by Gasteiger charge is 2.10. The number of aliphatic imine (C=N–C) groups is 1. The lowest BCUT2D eigenvalue weighted by Gasteiger charge is -2.07. The Morgan fingerprint density at radius 2 is 2.00 bits per heavy atom. The summed E-state index contributed by atoms with van der Waals surface area (Å²) in [6.45, 7) is 6.23. The maximum absolute atomic E-state index is 10.2. The Bertz CT molecular complexity index is 883. The van der Waals surface area contributed by atoms with E-state index >= 15 is 0 Å². The number of fused-ring (bicyclic) bond motifs is 1. The van der Waals surface area contributed by atoms with Crippen LogP contribution >= 0.6 is 11.9 Å². The first-order valence-electron chi connectivity index (χ1n) is 7.91. The molecule has 0 aliphatic rings. The smallest absolute Gasteiger partial charge is 0.198 e. The van der Waals surface area contributed by atoms with Crippen molar-refractivity contribution in [2.45, 2.75) is 31.7 Å². The Labute approximate surface area is 146 Å². The van der Waals surface area contributed by atoms with Gasteiger partial charge >= 0.3 is 0 Å². The van der Waals surface area contributed by atoms with Crippen molar-refractivity contribution in [2.75, 3.05) is 0 Å². The summed E-state index contributed by atoms with van der Waals surface area (Å²) in [5.41, 5.74) is 3.61. The van der Waals surface area contributed by atoms with Gasteiger partial charge in [0.15, 0.2) is 5.88 Å². The van der Waals surface area contributed by atoms with Crippen LogP contribution in [0.2, 0.25) is 0 Å². The van der Waals surface area contributed by atoms with Crippen LogP contribution in [0, 0.1) is 6.92 Å². The number of hydrogen-bond donors (Lipinski definition) is 3. The summed E-state index contributed by atoms with van der Waals surface area (Å²) in [7, 11) is 0. The predicted octanol–water partition coefficient (Wildman–Crippen LogP) is 4.94. The van der Waals surface area contributed by atoms with Gasteiger partial charge in [-0.1, -0.05) is 18.2 Å². The average Bonchev–Trinajstić information content (AvgIpc) is 2.87. The number of aromatic nitrogens is 1. The number of nitrogens with zero attached hydrogens (tertiary/aromatic N) is 1. The number of hydrogen-bond acceptors (Lipinski definition) is 4. The van der Waals surface area contributed by atoms with E-state index < -0.39 is 0 Å². The summed E-state index contributed by atoms with van der Waals surface area (Å²) in [5.74, 6) is 0.140. The van der Waals surface area contributed by atoms with Gasteiger partial charge < -0.3 is 10.1 Å². The summed E-state index contributed by atoms with van der Waals surface area (Å²) < 4.78 is 3.33. The molecule has 1 heterocycles. The van der Waals surface area contributed by atoms with Gasteiger partial charge in [-0.15, -0.1) is 0 Å². The largest absolute Gasteiger partial charge is 0.494 e. The second kappa shape index (κ2) is 7.11. The maximum atomic E-state index is 10.2. The van der Waals surface area contributed by atoms with Gasteiger partial charge in [-0.3, -0.25) is 9.71 Å². The molecule has 1 aromatic heterocycles. The van der Waals surface area contributed by atoms with E-state index in [2.05, 4.69) is 34.6 Å². The van der Waals surface area contributed by atoms with Crippen LogP contribution in [0.15, 0.2) is 52.4 Å². The van der Waals surface area contributed by atoms with Crippen molar-refractivity contribution < 1.29 is 5.11 Å². The van der Waals surface area contributed by atoms with Gasteiger partial charge in [-0.2, -0.15) is 0 Å². The predicted molar refractivity (Wildman–Crippen MR) is 103 cm³/mol. The van der Waals surface area contributed by atoms with Gasteiger partial charge in [0.1, 0.15) is 0 Å². The maximum Gasteiger partial charge on any atom is 0.198 e. The summed E-state index contributed by atoms with van der Waals surface area (Å²) in [6.07, 6.45) is 1.72. The molecule has 3 aromatic rings. The van der Waals surface area contributed by atoms with Crippen molar-refractivity contribution in [3.63, 3.8) is 0 Å². The molecule has 0 fully saturated rings. The topological polar surface area (TPSA) is 60.4 Å². The molecule has 5 heteroatoms. The van der Waals surface area contributed by atoms with Crippen LogP contribution in [0.1, 0.15) is 25.0 Å². The van der Waals surface area contributed by atoms with Crippen LogP contribution in [0.4, 0.5) is 5.69 Å². The molecule has 0 atom stereocenters. The van der Waals surface area contributed by atoms with E-state index in [0.717, 1.165) is 27.0 Å². The van der Waals surface area contributed by atoms with Crippen molar-refractivity contribution in [1.29, 1.82) is 0 Å². The molecule has 2 aromatic carbocycles. The number of aryl methyl sites for hydroxylation is 1. The van der Waals surface area contributed by atoms with Gasteiger partial charge in [0.25, 0.3) is 0 Å². The number of aromatic amines is 1. The first kappa shape index (κ1) is 16.6. The van der Waals surface area contributed by atoms with E-state index in [1.165, 1.54) is 0 Å². The molecule has 4 nitrogen and oxygen atoms in total. The van der Waals surface area contributed by atoms with E-state index in [4.69, 9.17) is 0 Å². The Kier molecular flexibility index (Phi) is 4.92. The molecule has 124 valence electrons. The fraction of sp³-hybridized carbons (Fsp3) is 0.211. The highest BCUT2D eigenvalue weighted by Crippen LogP contribution is 2.30. The molecule has 0 bridgehead atoms. The fourth-order valence-corrected chi connectivity index (χ4v) is 3.08. The van der Waals surface area contributed by atoms with Crippen LogP contribution in [-0.4, -0.2) is 22.3 Å². The molecule has 0 spiro atoms. The number of nitrogens with one attached hydrogen (secondary N) is 2. The Balaban J connectivity index is 1.96. The molecule has 0 radical (unpaired) electrons. The third-order valence-electron chi connectivity index (χ3n) is 3.65. The van der Waals surface area contributed by atoms with Crippen LogP contribution in [0.5, 0.6) is 5.88 Å².